The van der Waals surface area contributed by atoms with Crippen molar-refractivity contribution >= 4 is 45.1 Å². The van der Waals surface area contributed by atoms with E-state index in [1.165, 1.54) is 4.31 Å². The standard InChI is InChI=1S/C27H32Cl2N2O5S/c1-3-22(16-30(2)37(35,36)23-11-12-23)31-26(17-7-9-20(28)10-8-17)24(18-5-4-6-21(29)13-18)14-19(27(31)34)15-25(32)33/h4-10,13,19,22-24,26H,3,11-12,14-16H2,1-2H3,(H,32,33). The number of piperidine rings is 1. The number of carbonyl (C=O) groups is 2. The number of halogens is 2. The first kappa shape index (κ1) is 27.9. The zero-order chi connectivity index (χ0) is 26.9. The molecule has 10 heteroatoms. The van der Waals surface area contributed by atoms with Gasteiger partial charge in [0.15, 0.2) is 0 Å². The molecule has 2 aromatic rings. The number of likely N-dealkylation sites (N-methyl/N-ethyl adjacent to an activating group) is 1. The van der Waals surface area contributed by atoms with Crippen molar-refractivity contribution in [1.29, 1.82) is 0 Å². The predicted molar refractivity (Wildman–Crippen MR) is 144 cm³/mol. The molecule has 0 bridgehead atoms. The molecule has 1 amide bonds. The topological polar surface area (TPSA) is 95.0 Å². The summed E-state index contributed by atoms with van der Waals surface area (Å²) >= 11 is 12.5. The van der Waals surface area contributed by atoms with E-state index in [0.29, 0.717) is 35.7 Å². The Morgan fingerprint density at radius 2 is 1.78 bits per heavy atom. The number of rotatable bonds is 10. The molecule has 2 aliphatic rings. The van der Waals surface area contributed by atoms with E-state index in [1.54, 1.807) is 30.1 Å². The van der Waals surface area contributed by atoms with Gasteiger partial charge in [-0.2, -0.15) is 0 Å². The summed E-state index contributed by atoms with van der Waals surface area (Å²) in [6.45, 7) is 2.05. The lowest BCUT2D eigenvalue weighted by molar-refractivity contribution is -0.152. The van der Waals surface area contributed by atoms with Gasteiger partial charge in [0, 0.05) is 41.5 Å². The third-order valence-electron chi connectivity index (χ3n) is 7.44. The highest BCUT2D eigenvalue weighted by atomic mass is 35.5. The molecule has 0 spiro atoms. The second kappa shape index (κ2) is 11.3. The maximum atomic E-state index is 14.0. The van der Waals surface area contributed by atoms with E-state index in [4.69, 9.17) is 23.2 Å². The van der Waals surface area contributed by atoms with E-state index in [0.717, 1.165) is 11.1 Å². The van der Waals surface area contributed by atoms with E-state index >= 15 is 0 Å². The summed E-state index contributed by atoms with van der Waals surface area (Å²) in [5.74, 6) is -2.31. The Morgan fingerprint density at radius 1 is 1.11 bits per heavy atom. The van der Waals surface area contributed by atoms with Crippen LogP contribution in [0.4, 0.5) is 0 Å². The molecule has 0 radical (unpaired) electrons. The molecule has 2 aromatic carbocycles. The van der Waals surface area contributed by atoms with Gasteiger partial charge in [-0.1, -0.05) is 54.4 Å². The Morgan fingerprint density at radius 3 is 2.35 bits per heavy atom. The third-order valence-corrected chi connectivity index (χ3v) is 10.3. The van der Waals surface area contributed by atoms with Gasteiger partial charge in [0.25, 0.3) is 0 Å². The average Bonchev–Trinajstić information content (AvgIpc) is 3.70. The summed E-state index contributed by atoms with van der Waals surface area (Å²) in [5.41, 5.74) is 1.75. The number of aliphatic carboxylic acids is 1. The predicted octanol–water partition coefficient (Wildman–Crippen LogP) is 5.34. The van der Waals surface area contributed by atoms with E-state index < -0.39 is 34.0 Å². The number of carbonyl (C=O) groups excluding carboxylic acids is 1. The van der Waals surface area contributed by atoms with Crippen LogP contribution in [0.15, 0.2) is 48.5 Å². The van der Waals surface area contributed by atoms with E-state index in [1.807, 2.05) is 37.3 Å². The Bertz CT molecular complexity index is 1250. The minimum atomic E-state index is -3.45. The summed E-state index contributed by atoms with van der Waals surface area (Å²) in [5, 5.41) is 10.4. The first-order chi connectivity index (χ1) is 17.5. The molecule has 1 saturated heterocycles. The van der Waals surface area contributed by atoms with Crippen LogP contribution in [0.5, 0.6) is 0 Å². The highest BCUT2D eigenvalue weighted by molar-refractivity contribution is 7.90. The summed E-state index contributed by atoms with van der Waals surface area (Å²) in [4.78, 5) is 27.5. The highest BCUT2D eigenvalue weighted by Gasteiger charge is 2.47. The van der Waals surface area contributed by atoms with Crippen molar-refractivity contribution in [1.82, 2.24) is 9.21 Å². The molecule has 4 rings (SSSR count). The monoisotopic (exact) mass is 566 g/mol. The van der Waals surface area contributed by atoms with Gasteiger partial charge in [-0.15, -0.1) is 0 Å². The molecular weight excluding hydrogens is 535 g/mol. The van der Waals surface area contributed by atoms with Crippen LogP contribution in [-0.2, 0) is 19.6 Å². The van der Waals surface area contributed by atoms with Crippen LogP contribution < -0.4 is 0 Å². The summed E-state index contributed by atoms with van der Waals surface area (Å²) in [6, 6.07) is 13.8. The number of hydrogen-bond acceptors (Lipinski definition) is 4. The van der Waals surface area contributed by atoms with Gasteiger partial charge in [0.05, 0.1) is 17.7 Å². The summed E-state index contributed by atoms with van der Waals surface area (Å²) in [7, 11) is -1.89. The fraction of sp³-hybridized carbons (Fsp3) is 0.481. The van der Waals surface area contributed by atoms with Crippen molar-refractivity contribution in [3.05, 3.63) is 69.7 Å². The number of hydrogen-bond donors (Lipinski definition) is 1. The summed E-state index contributed by atoms with van der Waals surface area (Å²) in [6.07, 6.45) is 1.84. The summed E-state index contributed by atoms with van der Waals surface area (Å²) < 4.78 is 27.3. The zero-order valence-electron chi connectivity index (χ0n) is 20.9. The van der Waals surface area contributed by atoms with Crippen LogP contribution in [0, 0.1) is 5.92 Å². The van der Waals surface area contributed by atoms with E-state index in [9.17, 15) is 23.1 Å². The Balaban J connectivity index is 1.81. The lowest BCUT2D eigenvalue weighted by Gasteiger charge is -2.49. The van der Waals surface area contributed by atoms with Crippen LogP contribution in [0.3, 0.4) is 0 Å². The molecule has 200 valence electrons. The molecule has 1 aliphatic carbocycles. The Kier molecular flexibility index (Phi) is 8.53. The maximum absolute atomic E-state index is 14.0. The van der Waals surface area contributed by atoms with Crippen molar-refractivity contribution in [3.63, 3.8) is 0 Å². The van der Waals surface area contributed by atoms with Crippen molar-refractivity contribution in [2.45, 2.75) is 62.3 Å². The highest BCUT2D eigenvalue weighted by Crippen LogP contribution is 2.48. The molecule has 1 aliphatic heterocycles. The number of nitrogens with zero attached hydrogens (tertiary/aromatic N) is 2. The van der Waals surface area contributed by atoms with Gasteiger partial charge >= 0.3 is 5.97 Å². The largest absolute Gasteiger partial charge is 0.481 e. The molecule has 1 saturated carbocycles. The minimum absolute atomic E-state index is 0.132. The second-order valence-electron chi connectivity index (χ2n) is 10.0. The molecule has 1 N–H and O–H groups in total. The smallest absolute Gasteiger partial charge is 0.304 e. The van der Waals surface area contributed by atoms with Crippen LogP contribution in [0.25, 0.3) is 0 Å². The number of carboxylic acids is 1. The lowest BCUT2D eigenvalue weighted by Crippen LogP contribution is -2.55. The molecular formula is C27H32Cl2N2O5S. The molecule has 2 fully saturated rings. The molecule has 0 aromatic heterocycles. The normalized spacial score (nSPS) is 23.3. The van der Waals surface area contributed by atoms with E-state index in [2.05, 4.69) is 0 Å². The zero-order valence-corrected chi connectivity index (χ0v) is 23.2. The first-order valence-corrected chi connectivity index (χ1v) is 14.8. The van der Waals surface area contributed by atoms with Crippen LogP contribution >= 0.6 is 23.2 Å². The van der Waals surface area contributed by atoms with Crippen molar-refractivity contribution in [3.8, 4) is 0 Å². The van der Waals surface area contributed by atoms with Gasteiger partial charge in [0.1, 0.15) is 0 Å². The maximum Gasteiger partial charge on any atom is 0.304 e. The fourth-order valence-corrected chi connectivity index (χ4v) is 7.36. The van der Waals surface area contributed by atoms with Crippen molar-refractivity contribution < 1.29 is 23.1 Å². The van der Waals surface area contributed by atoms with Crippen LogP contribution in [0.2, 0.25) is 10.0 Å². The number of sulfonamides is 1. The van der Waals surface area contributed by atoms with Gasteiger partial charge in [0.2, 0.25) is 15.9 Å². The van der Waals surface area contributed by atoms with Gasteiger partial charge in [-0.25, -0.2) is 12.7 Å². The third kappa shape index (κ3) is 6.14. The van der Waals surface area contributed by atoms with Crippen LogP contribution in [-0.4, -0.2) is 59.5 Å². The average molecular weight is 568 g/mol. The van der Waals surface area contributed by atoms with Gasteiger partial charge in [-0.3, -0.25) is 9.59 Å². The lowest BCUT2D eigenvalue weighted by atomic mass is 9.74. The SMILES string of the molecule is CCC(CN(C)S(=O)(=O)C1CC1)N1C(=O)C(CC(=O)O)CC(c2cccc(Cl)c2)C1c1ccc(Cl)cc1. The first-order valence-electron chi connectivity index (χ1n) is 12.5. The fourth-order valence-electron chi connectivity index (χ4n) is 5.41. The molecule has 1 heterocycles. The number of likely N-dealkylation sites (tertiary alicyclic amines) is 1. The Hall–Kier alpha value is -2.13. The molecule has 7 nitrogen and oxygen atoms in total. The number of amides is 1. The van der Waals surface area contributed by atoms with Gasteiger partial charge in [-0.05, 0) is 61.1 Å². The van der Waals surface area contributed by atoms with Crippen molar-refractivity contribution in [2.75, 3.05) is 13.6 Å². The Labute approximate surface area is 228 Å². The van der Waals surface area contributed by atoms with E-state index in [-0.39, 0.29) is 30.0 Å². The molecule has 4 atom stereocenters. The van der Waals surface area contributed by atoms with Gasteiger partial charge < -0.3 is 10.0 Å². The number of benzene rings is 2. The second-order valence-corrected chi connectivity index (χ2v) is 13.2. The quantitative estimate of drug-likeness (QED) is 0.418. The minimum Gasteiger partial charge on any atom is -0.481 e. The number of carboxylic acid groups (broad SMARTS) is 1. The molecule has 4 unspecified atom stereocenters. The molecule has 37 heavy (non-hydrogen) atoms. The van der Waals surface area contributed by atoms with Crippen molar-refractivity contribution in [2.24, 2.45) is 5.92 Å². The van der Waals surface area contributed by atoms with Crippen LogP contribution in [0.1, 0.15) is 62.1 Å².